The van der Waals surface area contributed by atoms with Gasteiger partial charge in [-0.15, -0.1) is 0 Å². The lowest BCUT2D eigenvalue weighted by Crippen LogP contribution is -2.57. The molecule has 3 aromatic carbocycles. The molecular formula is C26H22O8. The SMILES string of the molecule is O=C(OC1CO[C@@H](O)[C@@H](OC(=O)c2ccccc2)C1OC(=O)c1ccccc1)c1ccccc1. The van der Waals surface area contributed by atoms with Crippen molar-refractivity contribution in [3.63, 3.8) is 0 Å². The largest absolute Gasteiger partial charge is 0.452 e. The molecule has 8 heteroatoms. The second-order valence-electron chi connectivity index (χ2n) is 7.51. The van der Waals surface area contributed by atoms with E-state index in [-0.39, 0.29) is 23.3 Å². The van der Waals surface area contributed by atoms with Crippen molar-refractivity contribution in [3.05, 3.63) is 108 Å². The van der Waals surface area contributed by atoms with Crippen LogP contribution >= 0.6 is 0 Å². The van der Waals surface area contributed by atoms with Crippen LogP contribution in [0.5, 0.6) is 0 Å². The van der Waals surface area contributed by atoms with E-state index >= 15 is 0 Å². The van der Waals surface area contributed by atoms with Crippen molar-refractivity contribution < 1.29 is 38.4 Å². The fourth-order valence-corrected chi connectivity index (χ4v) is 3.44. The first kappa shape index (κ1) is 23.2. The number of hydrogen-bond acceptors (Lipinski definition) is 8. The molecule has 0 spiro atoms. The molecule has 2 unspecified atom stereocenters. The zero-order valence-corrected chi connectivity index (χ0v) is 18.0. The van der Waals surface area contributed by atoms with E-state index in [1.165, 1.54) is 12.1 Å². The van der Waals surface area contributed by atoms with Gasteiger partial charge in [-0.2, -0.15) is 0 Å². The zero-order valence-electron chi connectivity index (χ0n) is 18.0. The Morgan fingerprint density at radius 3 is 1.44 bits per heavy atom. The normalized spacial score (nSPS) is 21.8. The minimum atomic E-state index is -1.60. The fraction of sp³-hybridized carbons (Fsp3) is 0.192. The molecule has 0 aromatic heterocycles. The smallest absolute Gasteiger partial charge is 0.338 e. The van der Waals surface area contributed by atoms with Crippen LogP contribution in [0, 0.1) is 0 Å². The van der Waals surface area contributed by atoms with E-state index in [1.54, 1.807) is 78.9 Å². The Hall–Kier alpha value is -4.01. The third-order valence-electron chi connectivity index (χ3n) is 5.18. The van der Waals surface area contributed by atoms with E-state index in [1.807, 2.05) is 0 Å². The van der Waals surface area contributed by atoms with Gasteiger partial charge >= 0.3 is 17.9 Å². The summed E-state index contributed by atoms with van der Waals surface area (Å²) in [6.07, 6.45) is -5.51. The molecule has 4 rings (SSSR count). The second-order valence-corrected chi connectivity index (χ2v) is 7.51. The van der Waals surface area contributed by atoms with E-state index in [4.69, 9.17) is 18.9 Å². The van der Waals surface area contributed by atoms with Gasteiger partial charge in [0.25, 0.3) is 0 Å². The Morgan fingerprint density at radius 2 is 1.00 bits per heavy atom. The highest BCUT2D eigenvalue weighted by Crippen LogP contribution is 2.25. The van der Waals surface area contributed by atoms with Crippen molar-refractivity contribution in [1.29, 1.82) is 0 Å². The number of benzene rings is 3. The average molecular weight is 462 g/mol. The molecule has 0 radical (unpaired) electrons. The van der Waals surface area contributed by atoms with Gasteiger partial charge in [0.05, 0.1) is 23.3 Å². The molecule has 0 saturated carbocycles. The Bertz CT molecular complexity index is 1120. The maximum atomic E-state index is 12.8. The maximum absolute atomic E-state index is 12.8. The van der Waals surface area contributed by atoms with Crippen molar-refractivity contribution >= 4 is 17.9 Å². The van der Waals surface area contributed by atoms with Crippen molar-refractivity contribution in [1.82, 2.24) is 0 Å². The highest BCUT2D eigenvalue weighted by atomic mass is 16.7. The van der Waals surface area contributed by atoms with Crippen molar-refractivity contribution in [2.75, 3.05) is 6.61 Å². The molecule has 34 heavy (non-hydrogen) atoms. The number of carbonyl (C=O) groups is 3. The highest BCUT2D eigenvalue weighted by Gasteiger charge is 2.47. The number of rotatable bonds is 6. The van der Waals surface area contributed by atoms with E-state index < -0.39 is 42.5 Å². The minimum Gasteiger partial charge on any atom is -0.452 e. The molecule has 1 heterocycles. The molecule has 174 valence electrons. The van der Waals surface area contributed by atoms with Gasteiger partial charge in [0.15, 0.2) is 24.6 Å². The van der Waals surface area contributed by atoms with Gasteiger partial charge in [-0.1, -0.05) is 54.6 Å². The monoisotopic (exact) mass is 462 g/mol. The Morgan fingerprint density at radius 1 is 0.618 bits per heavy atom. The predicted octanol–water partition coefficient (Wildman–Crippen LogP) is 3.01. The van der Waals surface area contributed by atoms with Gasteiger partial charge in [-0.3, -0.25) is 0 Å². The standard InChI is InChI=1S/C26H22O8/c27-23(17-10-4-1-5-11-17)32-20-16-31-26(30)22(34-25(29)19-14-8-3-9-15-19)21(20)33-24(28)18-12-6-2-7-13-18/h1-15,20-22,26,30H,16H2/t20?,21?,22-,26+/m0/s1. The van der Waals surface area contributed by atoms with E-state index in [0.717, 1.165) is 0 Å². The summed E-state index contributed by atoms with van der Waals surface area (Å²) < 4.78 is 21.9. The Labute approximate surface area is 195 Å². The molecule has 3 aromatic rings. The van der Waals surface area contributed by atoms with Crippen LogP contribution in [0.2, 0.25) is 0 Å². The first-order valence-electron chi connectivity index (χ1n) is 10.6. The van der Waals surface area contributed by atoms with Gasteiger partial charge in [-0.05, 0) is 36.4 Å². The lowest BCUT2D eigenvalue weighted by Gasteiger charge is -2.38. The van der Waals surface area contributed by atoms with E-state index in [9.17, 15) is 19.5 Å². The molecule has 0 aliphatic carbocycles. The van der Waals surface area contributed by atoms with Gasteiger partial charge in [-0.25, -0.2) is 14.4 Å². The average Bonchev–Trinajstić information content (AvgIpc) is 2.89. The summed E-state index contributed by atoms with van der Waals surface area (Å²) in [4.78, 5) is 38.1. The van der Waals surface area contributed by atoms with Crippen LogP contribution in [0.25, 0.3) is 0 Å². The van der Waals surface area contributed by atoms with Crippen LogP contribution in [0.3, 0.4) is 0 Å². The molecular weight excluding hydrogens is 440 g/mol. The lowest BCUT2D eigenvalue weighted by molar-refractivity contribution is -0.251. The van der Waals surface area contributed by atoms with E-state index in [2.05, 4.69) is 0 Å². The van der Waals surface area contributed by atoms with Crippen molar-refractivity contribution in [2.45, 2.75) is 24.6 Å². The third-order valence-corrected chi connectivity index (χ3v) is 5.18. The summed E-state index contributed by atoms with van der Waals surface area (Å²) in [7, 11) is 0. The van der Waals surface area contributed by atoms with Crippen LogP contribution in [0.4, 0.5) is 0 Å². The number of ether oxygens (including phenoxy) is 4. The molecule has 1 saturated heterocycles. The van der Waals surface area contributed by atoms with Gasteiger partial charge in [0.2, 0.25) is 0 Å². The first-order chi connectivity index (χ1) is 16.5. The molecule has 8 nitrogen and oxygen atoms in total. The Kier molecular flexibility index (Phi) is 7.31. The molecule has 1 aliphatic heterocycles. The fourth-order valence-electron chi connectivity index (χ4n) is 3.44. The van der Waals surface area contributed by atoms with Crippen LogP contribution in [0.15, 0.2) is 91.0 Å². The highest BCUT2D eigenvalue weighted by molar-refractivity contribution is 5.91. The summed E-state index contributed by atoms with van der Waals surface area (Å²) in [6, 6.07) is 24.5. The number of carbonyl (C=O) groups excluding carboxylic acids is 3. The quantitative estimate of drug-likeness (QED) is 0.440. The first-order valence-corrected chi connectivity index (χ1v) is 10.6. The molecule has 4 atom stereocenters. The number of esters is 3. The van der Waals surface area contributed by atoms with Gasteiger partial charge in [0.1, 0.15) is 0 Å². The van der Waals surface area contributed by atoms with Crippen LogP contribution in [0.1, 0.15) is 31.1 Å². The van der Waals surface area contributed by atoms with Crippen LogP contribution in [-0.2, 0) is 18.9 Å². The second kappa shape index (κ2) is 10.7. The van der Waals surface area contributed by atoms with Gasteiger partial charge in [0, 0.05) is 0 Å². The minimum absolute atomic E-state index is 0.228. The summed E-state index contributed by atoms with van der Waals surface area (Å²) in [5.74, 6) is -2.18. The van der Waals surface area contributed by atoms with Gasteiger partial charge < -0.3 is 24.1 Å². The third kappa shape index (κ3) is 5.48. The Balaban J connectivity index is 1.59. The summed E-state index contributed by atoms with van der Waals surface area (Å²) in [6.45, 7) is -0.272. The molecule has 1 fully saturated rings. The van der Waals surface area contributed by atoms with Crippen LogP contribution in [-0.4, -0.2) is 54.2 Å². The van der Waals surface area contributed by atoms with Crippen molar-refractivity contribution in [3.8, 4) is 0 Å². The predicted molar refractivity (Wildman–Crippen MR) is 119 cm³/mol. The zero-order chi connectivity index (χ0) is 23.9. The summed E-state index contributed by atoms with van der Waals surface area (Å²) in [5, 5.41) is 10.5. The molecule has 1 aliphatic rings. The summed E-state index contributed by atoms with van der Waals surface area (Å²) >= 11 is 0. The van der Waals surface area contributed by atoms with Crippen LogP contribution < -0.4 is 0 Å². The topological polar surface area (TPSA) is 108 Å². The maximum Gasteiger partial charge on any atom is 0.338 e. The molecule has 0 bridgehead atoms. The molecule has 0 amide bonds. The van der Waals surface area contributed by atoms with Crippen molar-refractivity contribution in [2.24, 2.45) is 0 Å². The summed E-state index contributed by atoms with van der Waals surface area (Å²) in [5.41, 5.74) is 0.746. The van der Waals surface area contributed by atoms with E-state index in [0.29, 0.717) is 0 Å². The number of hydrogen-bond donors (Lipinski definition) is 1. The number of aliphatic hydroxyl groups excluding tert-OH is 1. The number of aliphatic hydroxyl groups is 1. The molecule has 1 N–H and O–H groups in total. The lowest BCUT2D eigenvalue weighted by atomic mass is 10.0.